The van der Waals surface area contributed by atoms with Crippen molar-refractivity contribution in [3.63, 3.8) is 0 Å². The van der Waals surface area contributed by atoms with E-state index in [-0.39, 0.29) is 18.4 Å². The predicted molar refractivity (Wildman–Crippen MR) is 73.3 cm³/mol. The largest absolute Gasteiger partial charge is 0.481 e. The Bertz CT molecular complexity index is 489. The van der Waals surface area contributed by atoms with Crippen molar-refractivity contribution < 1.29 is 19.8 Å². The van der Waals surface area contributed by atoms with E-state index in [1.165, 1.54) is 6.08 Å². The van der Waals surface area contributed by atoms with Crippen LogP contribution in [0.1, 0.15) is 18.4 Å². The second-order valence-corrected chi connectivity index (χ2v) is 4.35. The zero-order chi connectivity index (χ0) is 14.4. The molecule has 0 fully saturated rings. The summed E-state index contributed by atoms with van der Waals surface area (Å²) in [5, 5.41) is 17.6. The molecule has 102 valence electrons. The summed E-state index contributed by atoms with van der Waals surface area (Å²) in [7, 11) is 3.83. The van der Waals surface area contributed by atoms with Gasteiger partial charge in [-0.2, -0.15) is 0 Å². The van der Waals surface area contributed by atoms with Crippen LogP contribution >= 0.6 is 0 Å². The van der Waals surface area contributed by atoms with Crippen molar-refractivity contribution in [2.45, 2.75) is 12.8 Å². The molecular weight excluding hydrogens is 246 g/mol. The van der Waals surface area contributed by atoms with E-state index in [2.05, 4.69) is 0 Å². The number of aliphatic carboxylic acids is 2. The fourth-order valence-electron chi connectivity index (χ4n) is 1.55. The highest BCUT2D eigenvalue weighted by atomic mass is 16.4. The molecule has 0 saturated heterocycles. The number of carbonyl (C=O) groups is 2. The van der Waals surface area contributed by atoms with Gasteiger partial charge in [0.15, 0.2) is 0 Å². The van der Waals surface area contributed by atoms with Gasteiger partial charge in [0.1, 0.15) is 0 Å². The normalized spacial score (nSPS) is 11.2. The topological polar surface area (TPSA) is 77.8 Å². The number of nitrogens with zero attached hydrogens (tertiary/aromatic N) is 1. The molecule has 0 radical (unpaired) electrons. The van der Waals surface area contributed by atoms with Gasteiger partial charge in [-0.15, -0.1) is 0 Å². The van der Waals surface area contributed by atoms with Gasteiger partial charge in [0.05, 0.1) is 0 Å². The van der Waals surface area contributed by atoms with Gasteiger partial charge in [0.2, 0.25) is 0 Å². The predicted octanol–water partition coefficient (Wildman–Crippen LogP) is 2.09. The van der Waals surface area contributed by atoms with E-state index in [1.807, 2.05) is 31.1 Å². The first-order chi connectivity index (χ1) is 8.90. The average molecular weight is 263 g/mol. The van der Waals surface area contributed by atoms with E-state index in [1.54, 1.807) is 12.1 Å². The molecule has 0 aliphatic heterocycles. The van der Waals surface area contributed by atoms with Crippen LogP contribution in [0.3, 0.4) is 0 Å². The lowest BCUT2D eigenvalue weighted by atomic mass is 10.1. The summed E-state index contributed by atoms with van der Waals surface area (Å²) < 4.78 is 0. The first-order valence-electron chi connectivity index (χ1n) is 5.83. The van der Waals surface area contributed by atoms with E-state index in [0.29, 0.717) is 0 Å². The molecule has 0 bridgehead atoms. The summed E-state index contributed by atoms with van der Waals surface area (Å²) >= 11 is 0. The van der Waals surface area contributed by atoms with Gasteiger partial charge < -0.3 is 15.1 Å². The molecule has 1 rings (SSSR count). The van der Waals surface area contributed by atoms with Gasteiger partial charge in [-0.3, -0.25) is 4.79 Å². The number of hydrogen-bond acceptors (Lipinski definition) is 3. The van der Waals surface area contributed by atoms with Gasteiger partial charge >= 0.3 is 11.9 Å². The molecule has 5 nitrogen and oxygen atoms in total. The average Bonchev–Trinajstić information content (AvgIpc) is 2.34. The van der Waals surface area contributed by atoms with Gasteiger partial charge in [0.25, 0.3) is 0 Å². The maximum atomic E-state index is 11.0. The molecule has 0 atom stereocenters. The zero-order valence-electron chi connectivity index (χ0n) is 11.0. The van der Waals surface area contributed by atoms with Crippen LogP contribution < -0.4 is 4.90 Å². The number of carboxylic acid groups (broad SMARTS) is 2. The number of anilines is 1. The minimum atomic E-state index is -1.09. The summed E-state index contributed by atoms with van der Waals surface area (Å²) in [5.74, 6) is -2.09. The molecule has 1 aromatic carbocycles. The maximum absolute atomic E-state index is 11.0. The molecule has 0 saturated carbocycles. The van der Waals surface area contributed by atoms with Crippen LogP contribution in [0.4, 0.5) is 5.69 Å². The molecule has 19 heavy (non-hydrogen) atoms. The first kappa shape index (κ1) is 14.8. The van der Waals surface area contributed by atoms with Crippen LogP contribution in [0.25, 0.3) is 6.08 Å². The van der Waals surface area contributed by atoms with E-state index < -0.39 is 11.9 Å². The minimum absolute atomic E-state index is 0.0140. The van der Waals surface area contributed by atoms with Crippen molar-refractivity contribution in [3.8, 4) is 0 Å². The highest BCUT2D eigenvalue weighted by Gasteiger charge is 2.09. The summed E-state index contributed by atoms with van der Waals surface area (Å²) in [6.07, 6.45) is 1.33. The van der Waals surface area contributed by atoms with Crippen molar-refractivity contribution in [1.82, 2.24) is 0 Å². The second-order valence-electron chi connectivity index (χ2n) is 4.35. The quantitative estimate of drug-likeness (QED) is 0.768. The fourth-order valence-corrected chi connectivity index (χ4v) is 1.55. The first-order valence-corrected chi connectivity index (χ1v) is 5.83. The molecule has 0 heterocycles. The van der Waals surface area contributed by atoms with Crippen LogP contribution in [-0.4, -0.2) is 36.2 Å². The Morgan fingerprint density at radius 2 is 1.68 bits per heavy atom. The molecule has 0 aliphatic carbocycles. The Kier molecular flexibility index (Phi) is 5.11. The van der Waals surface area contributed by atoms with Crippen LogP contribution in [-0.2, 0) is 9.59 Å². The SMILES string of the molecule is CN(C)c1ccc(/C=C(\CCC(=O)O)C(=O)O)cc1. The third-order valence-electron chi connectivity index (χ3n) is 2.63. The van der Waals surface area contributed by atoms with Gasteiger partial charge in [0, 0.05) is 31.8 Å². The van der Waals surface area contributed by atoms with Crippen molar-refractivity contribution >= 4 is 23.7 Å². The smallest absolute Gasteiger partial charge is 0.331 e. The fraction of sp³-hybridized carbons (Fsp3) is 0.286. The Labute approximate surface area is 111 Å². The molecule has 0 amide bonds. The van der Waals surface area contributed by atoms with Gasteiger partial charge in [-0.1, -0.05) is 12.1 Å². The molecule has 2 N–H and O–H groups in total. The number of rotatable bonds is 6. The van der Waals surface area contributed by atoms with Gasteiger partial charge in [-0.25, -0.2) is 4.79 Å². The molecule has 0 aliphatic rings. The summed E-state index contributed by atoms with van der Waals surface area (Å²) in [6, 6.07) is 7.36. The Morgan fingerprint density at radius 1 is 1.11 bits per heavy atom. The van der Waals surface area contributed by atoms with Crippen molar-refractivity contribution in [1.29, 1.82) is 0 Å². The standard InChI is InChI=1S/C14H17NO4/c1-15(2)12-6-3-10(4-7-12)9-11(14(18)19)5-8-13(16)17/h3-4,6-7,9H,5,8H2,1-2H3,(H,16,17)(H,18,19)/b11-9+. The highest BCUT2D eigenvalue weighted by Crippen LogP contribution is 2.16. The number of carboxylic acids is 2. The lowest BCUT2D eigenvalue weighted by molar-refractivity contribution is -0.137. The lowest BCUT2D eigenvalue weighted by Gasteiger charge is -2.12. The molecule has 5 heteroatoms. The zero-order valence-corrected chi connectivity index (χ0v) is 11.0. The molecule has 0 unspecified atom stereocenters. The minimum Gasteiger partial charge on any atom is -0.481 e. The van der Waals surface area contributed by atoms with Crippen LogP contribution in [0.2, 0.25) is 0 Å². The van der Waals surface area contributed by atoms with Crippen LogP contribution in [0.5, 0.6) is 0 Å². The van der Waals surface area contributed by atoms with E-state index in [9.17, 15) is 9.59 Å². The number of hydrogen-bond donors (Lipinski definition) is 2. The van der Waals surface area contributed by atoms with Crippen LogP contribution in [0.15, 0.2) is 29.8 Å². The van der Waals surface area contributed by atoms with E-state index in [4.69, 9.17) is 10.2 Å². The number of benzene rings is 1. The van der Waals surface area contributed by atoms with Crippen molar-refractivity contribution in [2.75, 3.05) is 19.0 Å². The second kappa shape index (κ2) is 6.58. The monoisotopic (exact) mass is 263 g/mol. The molecule has 1 aromatic rings. The molecule has 0 spiro atoms. The Hall–Kier alpha value is -2.30. The van der Waals surface area contributed by atoms with Gasteiger partial charge in [-0.05, 0) is 30.2 Å². The molecular formula is C14H17NO4. The van der Waals surface area contributed by atoms with E-state index in [0.717, 1.165) is 11.3 Å². The van der Waals surface area contributed by atoms with E-state index >= 15 is 0 Å². The summed E-state index contributed by atoms with van der Waals surface area (Å²) in [4.78, 5) is 23.4. The summed E-state index contributed by atoms with van der Waals surface area (Å²) in [6.45, 7) is 0. The Balaban J connectivity index is 2.89. The Morgan fingerprint density at radius 3 is 2.11 bits per heavy atom. The highest BCUT2D eigenvalue weighted by molar-refractivity contribution is 5.92. The van der Waals surface area contributed by atoms with Crippen LogP contribution in [0, 0.1) is 0 Å². The maximum Gasteiger partial charge on any atom is 0.331 e. The van der Waals surface area contributed by atoms with Crippen molar-refractivity contribution in [2.24, 2.45) is 0 Å². The summed E-state index contributed by atoms with van der Waals surface area (Å²) in [5.41, 5.74) is 1.85. The third-order valence-corrected chi connectivity index (χ3v) is 2.63. The van der Waals surface area contributed by atoms with Crippen molar-refractivity contribution in [3.05, 3.63) is 35.4 Å². The molecule has 0 aromatic heterocycles. The lowest BCUT2D eigenvalue weighted by Crippen LogP contribution is -2.08. The third kappa shape index (κ3) is 4.83.